The molecule has 2 aliphatic rings. The molecule has 0 aromatic carbocycles. The number of pyridine rings is 1. The van der Waals surface area contributed by atoms with Gasteiger partial charge in [-0.05, 0) is 11.6 Å². The molecule has 7 heteroatoms. The highest BCUT2D eigenvalue weighted by Gasteiger charge is 2.52. The van der Waals surface area contributed by atoms with Crippen LogP contribution in [0.1, 0.15) is 5.56 Å². The Morgan fingerprint density at radius 3 is 3.14 bits per heavy atom. The molecule has 2 saturated heterocycles. The molecule has 0 aliphatic carbocycles. The van der Waals surface area contributed by atoms with Crippen molar-refractivity contribution in [3.8, 4) is 0 Å². The molecule has 21 heavy (non-hydrogen) atoms. The minimum Gasteiger partial charge on any atom is -0.380 e. The van der Waals surface area contributed by atoms with Crippen molar-refractivity contribution < 1.29 is 17.9 Å². The van der Waals surface area contributed by atoms with E-state index >= 15 is 0 Å². The summed E-state index contributed by atoms with van der Waals surface area (Å²) >= 11 is 0. The number of fused-ring (bicyclic) bond motifs is 1. The van der Waals surface area contributed by atoms with E-state index in [2.05, 4.69) is 4.98 Å². The first-order valence-electron chi connectivity index (χ1n) is 6.99. The molecule has 1 aromatic heterocycles. The van der Waals surface area contributed by atoms with Crippen LogP contribution in [0.2, 0.25) is 0 Å². The first-order chi connectivity index (χ1) is 10.00. The summed E-state index contributed by atoms with van der Waals surface area (Å²) in [6.45, 7) is 3.21. The number of hydrogen-bond donors (Lipinski definition) is 0. The second-order valence-electron chi connectivity index (χ2n) is 5.98. The first kappa shape index (κ1) is 14.9. The van der Waals surface area contributed by atoms with Crippen molar-refractivity contribution in [2.24, 2.45) is 11.3 Å². The van der Waals surface area contributed by atoms with E-state index in [9.17, 15) is 8.42 Å². The third-order valence-electron chi connectivity index (χ3n) is 4.34. The fourth-order valence-electron chi connectivity index (χ4n) is 3.10. The Bertz CT molecular complexity index is 592. The van der Waals surface area contributed by atoms with Gasteiger partial charge in [-0.3, -0.25) is 4.98 Å². The molecular weight excluding hydrogens is 292 g/mol. The summed E-state index contributed by atoms with van der Waals surface area (Å²) in [5.74, 6) is 0.223. The second-order valence-corrected chi connectivity index (χ2v) is 7.97. The number of aromatic nitrogens is 1. The maximum Gasteiger partial charge on any atom is 0.211 e. The lowest BCUT2D eigenvalue weighted by molar-refractivity contribution is 0.0224. The van der Waals surface area contributed by atoms with Crippen LogP contribution in [0.25, 0.3) is 0 Å². The summed E-state index contributed by atoms with van der Waals surface area (Å²) in [6, 6.07) is 3.84. The molecule has 0 amide bonds. The average Bonchev–Trinajstić information content (AvgIpc) is 2.96. The zero-order chi connectivity index (χ0) is 14.9. The Hall–Kier alpha value is -1.02. The quantitative estimate of drug-likeness (QED) is 0.792. The smallest absolute Gasteiger partial charge is 0.211 e. The molecule has 3 heterocycles. The molecule has 2 atom stereocenters. The van der Waals surface area contributed by atoms with Crippen molar-refractivity contribution in [3.63, 3.8) is 0 Å². The van der Waals surface area contributed by atoms with E-state index in [0.717, 1.165) is 5.56 Å². The third kappa shape index (κ3) is 3.11. The Morgan fingerprint density at radius 1 is 1.57 bits per heavy atom. The number of hydrogen-bond acceptors (Lipinski definition) is 5. The zero-order valence-electron chi connectivity index (χ0n) is 12.1. The molecule has 0 unspecified atom stereocenters. The summed E-state index contributed by atoms with van der Waals surface area (Å²) in [5, 5.41) is 0. The van der Waals surface area contributed by atoms with Crippen molar-refractivity contribution in [3.05, 3.63) is 30.1 Å². The molecule has 1 aromatic rings. The molecule has 0 spiro atoms. The van der Waals surface area contributed by atoms with E-state index in [1.54, 1.807) is 16.7 Å². The van der Waals surface area contributed by atoms with E-state index < -0.39 is 10.0 Å². The van der Waals surface area contributed by atoms with Crippen LogP contribution < -0.4 is 0 Å². The molecule has 3 rings (SSSR count). The molecular formula is C14H20N2O4S. The van der Waals surface area contributed by atoms with Gasteiger partial charge in [-0.2, -0.15) is 0 Å². The Labute approximate surface area is 125 Å². The monoisotopic (exact) mass is 312 g/mol. The highest BCUT2D eigenvalue weighted by Crippen LogP contribution is 2.42. The normalized spacial score (nSPS) is 29.7. The number of ether oxygens (including phenoxy) is 2. The lowest BCUT2D eigenvalue weighted by Gasteiger charge is -2.26. The van der Waals surface area contributed by atoms with Gasteiger partial charge in [0.25, 0.3) is 0 Å². The van der Waals surface area contributed by atoms with Crippen LogP contribution in [-0.4, -0.2) is 56.9 Å². The Kier molecular flexibility index (Phi) is 4.00. The lowest BCUT2D eigenvalue weighted by atomic mass is 9.82. The summed E-state index contributed by atoms with van der Waals surface area (Å²) in [5.41, 5.74) is 0.813. The lowest BCUT2D eigenvalue weighted by Crippen LogP contribution is -2.37. The van der Waals surface area contributed by atoms with Gasteiger partial charge in [0.05, 0.1) is 32.7 Å². The minimum atomic E-state index is -3.15. The fourth-order valence-corrected chi connectivity index (χ4v) is 4.04. The zero-order valence-corrected chi connectivity index (χ0v) is 12.9. The van der Waals surface area contributed by atoms with Gasteiger partial charge < -0.3 is 9.47 Å². The van der Waals surface area contributed by atoms with Crippen LogP contribution in [0.3, 0.4) is 0 Å². The molecule has 0 radical (unpaired) electrons. The molecule has 0 bridgehead atoms. The van der Waals surface area contributed by atoms with Gasteiger partial charge in [-0.1, -0.05) is 6.07 Å². The number of nitrogens with zero attached hydrogens (tertiary/aromatic N) is 2. The van der Waals surface area contributed by atoms with Crippen LogP contribution in [0.15, 0.2) is 24.5 Å². The number of sulfonamides is 1. The fraction of sp³-hybridized carbons (Fsp3) is 0.643. The summed E-state index contributed by atoms with van der Waals surface area (Å²) in [4.78, 5) is 4.05. The highest BCUT2D eigenvalue weighted by molar-refractivity contribution is 7.88. The van der Waals surface area contributed by atoms with Crippen molar-refractivity contribution >= 4 is 10.0 Å². The molecule has 2 fully saturated rings. The SMILES string of the molecule is CS(=O)(=O)N1C[C@@H]2COC[C@]2(COCc2cccnc2)C1. The third-order valence-corrected chi connectivity index (χ3v) is 5.56. The minimum absolute atomic E-state index is 0.203. The van der Waals surface area contributed by atoms with Crippen LogP contribution >= 0.6 is 0 Å². The van der Waals surface area contributed by atoms with E-state index in [4.69, 9.17) is 9.47 Å². The van der Waals surface area contributed by atoms with Crippen molar-refractivity contribution in [1.29, 1.82) is 0 Å². The van der Waals surface area contributed by atoms with Gasteiger partial charge in [-0.25, -0.2) is 12.7 Å². The summed E-state index contributed by atoms with van der Waals surface area (Å²) in [7, 11) is -3.15. The summed E-state index contributed by atoms with van der Waals surface area (Å²) in [6.07, 6.45) is 4.76. The predicted molar refractivity (Wildman–Crippen MR) is 77.1 cm³/mol. The van der Waals surface area contributed by atoms with Crippen molar-refractivity contribution in [2.45, 2.75) is 6.61 Å². The average molecular weight is 312 g/mol. The van der Waals surface area contributed by atoms with Crippen molar-refractivity contribution in [1.82, 2.24) is 9.29 Å². The molecule has 2 aliphatic heterocycles. The molecule has 0 N–H and O–H groups in total. The van der Waals surface area contributed by atoms with Crippen molar-refractivity contribution in [2.75, 3.05) is 39.2 Å². The van der Waals surface area contributed by atoms with E-state index in [-0.39, 0.29) is 11.3 Å². The maximum atomic E-state index is 11.7. The number of rotatable bonds is 5. The van der Waals surface area contributed by atoms with Crippen LogP contribution in [0, 0.1) is 11.3 Å². The first-order valence-corrected chi connectivity index (χ1v) is 8.84. The predicted octanol–water partition coefficient (Wildman–Crippen LogP) is 0.506. The van der Waals surface area contributed by atoms with Gasteiger partial charge in [0.2, 0.25) is 10.0 Å². The van der Waals surface area contributed by atoms with Crippen LogP contribution in [0.4, 0.5) is 0 Å². The largest absolute Gasteiger partial charge is 0.380 e. The van der Waals surface area contributed by atoms with Gasteiger partial charge in [-0.15, -0.1) is 0 Å². The topological polar surface area (TPSA) is 68.7 Å². The van der Waals surface area contributed by atoms with Gasteiger partial charge >= 0.3 is 0 Å². The second kappa shape index (κ2) is 5.64. The van der Waals surface area contributed by atoms with E-state index in [1.165, 1.54) is 6.26 Å². The maximum absolute atomic E-state index is 11.7. The standard InChI is InChI=1S/C14H20N2O4S/c1-21(17,18)16-6-13-8-20-11-14(13,9-16)10-19-7-12-3-2-4-15-5-12/h2-5,13H,6-11H2,1H3/t13-,14-/m1/s1. The van der Waals surface area contributed by atoms with Gasteiger partial charge in [0, 0.05) is 36.8 Å². The molecule has 116 valence electrons. The van der Waals surface area contributed by atoms with Gasteiger partial charge in [0.15, 0.2) is 0 Å². The Morgan fingerprint density at radius 2 is 2.43 bits per heavy atom. The molecule has 6 nitrogen and oxygen atoms in total. The summed E-state index contributed by atoms with van der Waals surface area (Å²) < 4.78 is 36.4. The Balaban J connectivity index is 1.63. The van der Waals surface area contributed by atoms with Crippen LogP contribution in [-0.2, 0) is 26.1 Å². The molecule has 0 saturated carbocycles. The van der Waals surface area contributed by atoms with Crippen LogP contribution in [0.5, 0.6) is 0 Å². The van der Waals surface area contributed by atoms with Gasteiger partial charge in [0.1, 0.15) is 0 Å². The van der Waals surface area contributed by atoms with E-state index in [1.807, 2.05) is 12.1 Å². The van der Waals surface area contributed by atoms with E-state index in [0.29, 0.717) is 39.5 Å². The highest BCUT2D eigenvalue weighted by atomic mass is 32.2.